The molecule has 0 radical (unpaired) electrons. The van der Waals surface area contributed by atoms with Gasteiger partial charge in [-0.25, -0.2) is 8.42 Å². The van der Waals surface area contributed by atoms with Gasteiger partial charge in [0.1, 0.15) is 15.6 Å². The van der Waals surface area contributed by atoms with Gasteiger partial charge in [-0.3, -0.25) is 0 Å². The molecular formula is C11H15BrO3S. The van der Waals surface area contributed by atoms with Crippen molar-refractivity contribution < 1.29 is 13.2 Å². The van der Waals surface area contributed by atoms with Gasteiger partial charge in [0.25, 0.3) is 0 Å². The Kier molecular flexibility index (Phi) is 5.28. The maximum absolute atomic E-state index is 11.2. The molecule has 1 aromatic rings. The maximum Gasteiger partial charge on any atom is 0.150 e. The lowest BCUT2D eigenvalue weighted by molar-refractivity contribution is 0.317. The van der Waals surface area contributed by atoms with Gasteiger partial charge in [-0.1, -0.05) is 28.9 Å². The predicted molar refractivity (Wildman–Crippen MR) is 68.6 cm³/mol. The van der Waals surface area contributed by atoms with Crippen LogP contribution in [0.25, 0.3) is 0 Å². The molecule has 0 fully saturated rings. The SMILES string of the molecule is CCS(=O)(=O)CCCOc1cccc(Br)c1. The zero-order valence-corrected chi connectivity index (χ0v) is 11.6. The number of rotatable bonds is 6. The third-order valence-electron chi connectivity index (χ3n) is 2.10. The molecule has 0 unspecified atom stereocenters. The van der Waals surface area contributed by atoms with Crippen LogP contribution in [0.3, 0.4) is 0 Å². The minimum absolute atomic E-state index is 0.192. The van der Waals surface area contributed by atoms with Crippen LogP contribution in [0.4, 0.5) is 0 Å². The van der Waals surface area contributed by atoms with E-state index in [-0.39, 0.29) is 11.5 Å². The number of hydrogen-bond donors (Lipinski definition) is 0. The number of sulfone groups is 1. The Morgan fingerprint density at radius 1 is 1.38 bits per heavy atom. The minimum Gasteiger partial charge on any atom is -0.494 e. The molecule has 3 nitrogen and oxygen atoms in total. The third-order valence-corrected chi connectivity index (χ3v) is 4.39. The van der Waals surface area contributed by atoms with Crippen molar-refractivity contribution in [3.63, 3.8) is 0 Å². The molecule has 5 heteroatoms. The van der Waals surface area contributed by atoms with E-state index in [0.29, 0.717) is 13.0 Å². The highest BCUT2D eigenvalue weighted by molar-refractivity contribution is 9.10. The van der Waals surface area contributed by atoms with Gasteiger partial charge < -0.3 is 4.74 Å². The van der Waals surface area contributed by atoms with Crippen LogP contribution in [-0.2, 0) is 9.84 Å². The zero-order valence-electron chi connectivity index (χ0n) is 9.15. The van der Waals surface area contributed by atoms with E-state index in [4.69, 9.17) is 4.74 Å². The molecule has 1 aromatic carbocycles. The summed E-state index contributed by atoms with van der Waals surface area (Å²) < 4.78 is 28.8. The smallest absolute Gasteiger partial charge is 0.150 e. The molecule has 90 valence electrons. The first-order valence-electron chi connectivity index (χ1n) is 5.12. The largest absolute Gasteiger partial charge is 0.494 e. The molecule has 0 aliphatic rings. The summed E-state index contributed by atoms with van der Waals surface area (Å²) >= 11 is 3.34. The van der Waals surface area contributed by atoms with E-state index in [1.165, 1.54) is 0 Å². The van der Waals surface area contributed by atoms with Crippen molar-refractivity contribution in [1.29, 1.82) is 0 Å². The summed E-state index contributed by atoms with van der Waals surface area (Å²) in [6.07, 6.45) is 0.530. The summed E-state index contributed by atoms with van der Waals surface area (Å²) in [6.45, 7) is 2.08. The summed E-state index contributed by atoms with van der Waals surface area (Å²) in [4.78, 5) is 0. The van der Waals surface area contributed by atoms with Crippen molar-refractivity contribution >= 4 is 25.8 Å². The van der Waals surface area contributed by atoms with Gasteiger partial charge in [0.15, 0.2) is 0 Å². The van der Waals surface area contributed by atoms with E-state index in [1.807, 2.05) is 24.3 Å². The first-order chi connectivity index (χ1) is 7.53. The number of benzene rings is 1. The second kappa shape index (κ2) is 6.25. The van der Waals surface area contributed by atoms with E-state index in [0.717, 1.165) is 10.2 Å². The molecule has 0 aliphatic heterocycles. The molecule has 0 saturated carbocycles. The summed E-state index contributed by atoms with van der Waals surface area (Å²) in [5.74, 6) is 1.14. The Labute approximate surface area is 105 Å². The van der Waals surface area contributed by atoms with Gasteiger partial charge in [-0.15, -0.1) is 0 Å². The lowest BCUT2D eigenvalue weighted by Crippen LogP contribution is -2.11. The molecular weight excluding hydrogens is 292 g/mol. The highest BCUT2D eigenvalue weighted by Crippen LogP contribution is 2.17. The fraction of sp³-hybridized carbons (Fsp3) is 0.455. The molecule has 0 atom stereocenters. The van der Waals surface area contributed by atoms with E-state index < -0.39 is 9.84 Å². The van der Waals surface area contributed by atoms with E-state index in [1.54, 1.807) is 6.92 Å². The maximum atomic E-state index is 11.2. The average molecular weight is 307 g/mol. The number of hydrogen-bond acceptors (Lipinski definition) is 3. The molecule has 0 bridgehead atoms. The van der Waals surface area contributed by atoms with Crippen LogP contribution >= 0.6 is 15.9 Å². The van der Waals surface area contributed by atoms with E-state index >= 15 is 0 Å². The predicted octanol–water partition coefficient (Wildman–Crippen LogP) is 2.65. The van der Waals surface area contributed by atoms with Gasteiger partial charge in [0.2, 0.25) is 0 Å². The van der Waals surface area contributed by atoms with Gasteiger partial charge in [-0.2, -0.15) is 0 Å². The Hall–Kier alpha value is -0.550. The van der Waals surface area contributed by atoms with Crippen molar-refractivity contribution in [2.75, 3.05) is 18.1 Å². The molecule has 0 saturated heterocycles. The Balaban J connectivity index is 2.32. The Bertz CT molecular complexity index is 429. The van der Waals surface area contributed by atoms with Crippen molar-refractivity contribution in [3.8, 4) is 5.75 Å². The van der Waals surface area contributed by atoms with Crippen molar-refractivity contribution in [3.05, 3.63) is 28.7 Å². The van der Waals surface area contributed by atoms with Gasteiger partial charge in [0.05, 0.1) is 12.4 Å². The normalized spacial score (nSPS) is 11.4. The summed E-state index contributed by atoms with van der Waals surface area (Å²) in [7, 11) is -2.87. The molecule has 0 aliphatic carbocycles. The molecule has 1 rings (SSSR count). The van der Waals surface area contributed by atoms with Crippen LogP contribution in [0.15, 0.2) is 28.7 Å². The molecule has 0 N–H and O–H groups in total. The lowest BCUT2D eigenvalue weighted by Gasteiger charge is -2.06. The second-order valence-corrected chi connectivity index (χ2v) is 6.78. The van der Waals surface area contributed by atoms with Gasteiger partial charge in [-0.05, 0) is 24.6 Å². The molecule has 0 aromatic heterocycles. The number of ether oxygens (including phenoxy) is 1. The van der Waals surface area contributed by atoms with Crippen LogP contribution < -0.4 is 4.74 Å². The highest BCUT2D eigenvalue weighted by Gasteiger charge is 2.06. The monoisotopic (exact) mass is 306 g/mol. The molecule has 0 heterocycles. The fourth-order valence-corrected chi connectivity index (χ4v) is 2.39. The van der Waals surface area contributed by atoms with E-state index in [9.17, 15) is 8.42 Å². The summed E-state index contributed by atoms with van der Waals surface area (Å²) in [5, 5.41) is 0. The van der Waals surface area contributed by atoms with Gasteiger partial charge in [0, 0.05) is 10.2 Å². The lowest BCUT2D eigenvalue weighted by atomic mass is 10.3. The standard InChI is InChI=1S/C11H15BrO3S/c1-2-16(13,14)8-4-7-15-11-6-3-5-10(12)9-11/h3,5-6,9H,2,4,7-8H2,1H3. The fourth-order valence-electron chi connectivity index (χ4n) is 1.17. The van der Waals surface area contributed by atoms with Crippen molar-refractivity contribution in [2.45, 2.75) is 13.3 Å². The first kappa shape index (κ1) is 13.5. The minimum atomic E-state index is -2.87. The van der Waals surface area contributed by atoms with Crippen LogP contribution in [0.2, 0.25) is 0 Å². The summed E-state index contributed by atoms with van der Waals surface area (Å²) in [6, 6.07) is 7.49. The first-order valence-corrected chi connectivity index (χ1v) is 7.74. The van der Waals surface area contributed by atoms with Crippen molar-refractivity contribution in [1.82, 2.24) is 0 Å². The van der Waals surface area contributed by atoms with Gasteiger partial charge >= 0.3 is 0 Å². The topological polar surface area (TPSA) is 43.4 Å². The summed E-state index contributed by atoms with van der Waals surface area (Å²) in [5.41, 5.74) is 0. The van der Waals surface area contributed by atoms with Crippen LogP contribution in [0.1, 0.15) is 13.3 Å². The van der Waals surface area contributed by atoms with Crippen molar-refractivity contribution in [2.24, 2.45) is 0 Å². The quantitative estimate of drug-likeness (QED) is 0.759. The van der Waals surface area contributed by atoms with Crippen LogP contribution in [0.5, 0.6) is 5.75 Å². The average Bonchev–Trinajstić information content (AvgIpc) is 2.25. The third kappa shape index (κ3) is 4.99. The van der Waals surface area contributed by atoms with E-state index in [2.05, 4.69) is 15.9 Å². The molecule has 16 heavy (non-hydrogen) atoms. The van der Waals surface area contributed by atoms with Crippen LogP contribution in [-0.4, -0.2) is 26.5 Å². The zero-order chi connectivity index (χ0) is 12.0. The number of halogens is 1. The highest BCUT2D eigenvalue weighted by atomic mass is 79.9. The Morgan fingerprint density at radius 3 is 2.75 bits per heavy atom. The Morgan fingerprint density at radius 2 is 2.12 bits per heavy atom. The van der Waals surface area contributed by atoms with Crippen LogP contribution in [0, 0.1) is 0 Å². The molecule has 0 spiro atoms. The second-order valence-electron chi connectivity index (χ2n) is 3.40. The molecule has 0 amide bonds.